The lowest BCUT2D eigenvalue weighted by atomic mass is 9.52. The van der Waals surface area contributed by atoms with Crippen LogP contribution >= 0.6 is 0 Å². The predicted octanol–water partition coefficient (Wildman–Crippen LogP) is 2.91. The number of esters is 1. The molecule has 0 heterocycles. The first-order valence-electron chi connectivity index (χ1n) is 9.40. The van der Waals surface area contributed by atoms with Crippen LogP contribution in [-0.4, -0.2) is 34.5 Å². The van der Waals surface area contributed by atoms with Crippen molar-refractivity contribution in [2.45, 2.75) is 64.8 Å². The van der Waals surface area contributed by atoms with Crippen molar-refractivity contribution in [3.8, 4) is 0 Å². The third-order valence-electron chi connectivity index (χ3n) is 7.32. The number of allylic oxidation sites excluding steroid dienone is 2. The van der Waals surface area contributed by atoms with Crippen LogP contribution in [0.1, 0.15) is 46.5 Å². The standard InChI is InChI=1S/C21H28O4/c1-12(22)25-17-11-13-10-14(23)6-8-20(13,2)16-7-9-21(3)15(19(16)17)4-5-18(21)24/h6-8,10,14-15,17-19,23-24H,4-5,9,11H2,1-3H3/t14-,15-,17-,18-,19-,20-,21-/m0/s1. The van der Waals surface area contributed by atoms with Crippen molar-refractivity contribution in [3.63, 3.8) is 0 Å². The lowest BCUT2D eigenvalue weighted by Gasteiger charge is -2.54. The summed E-state index contributed by atoms with van der Waals surface area (Å²) in [5.41, 5.74) is 2.09. The van der Waals surface area contributed by atoms with Crippen LogP contribution in [0.5, 0.6) is 0 Å². The van der Waals surface area contributed by atoms with E-state index in [4.69, 9.17) is 4.74 Å². The molecule has 4 aliphatic rings. The highest BCUT2D eigenvalue weighted by atomic mass is 16.5. The summed E-state index contributed by atoms with van der Waals surface area (Å²) in [6.07, 6.45) is 10.4. The Bertz CT molecular complexity index is 690. The molecule has 4 heteroatoms. The monoisotopic (exact) mass is 344 g/mol. The number of fused-ring (bicyclic) bond motifs is 5. The first-order valence-corrected chi connectivity index (χ1v) is 9.40. The molecule has 2 N–H and O–H groups in total. The molecule has 0 aromatic heterocycles. The molecule has 25 heavy (non-hydrogen) atoms. The van der Waals surface area contributed by atoms with Gasteiger partial charge in [0.05, 0.1) is 12.2 Å². The fourth-order valence-corrected chi connectivity index (χ4v) is 5.89. The summed E-state index contributed by atoms with van der Waals surface area (Å²) < 4.78 is 5.77. The predicted molar refractivity (Wildman–Crippen MR) is 94.5 cm³/mol. The molecule has 7 atom stereocenters. The minimum absolute atomic E-state index is 0.137. The van der Waals surface area contributed by atoms with Crippen LogP contribution in [0.2, 0.25) is 0 Å². The van der Waals surface area contributed by atoms with Gasteiger partial charge in [-0.05, 0) is 32.1 Å². The quantitative estimate of drug-likeness (QED) is 0.567. The summed E-state index contributed by atoms with van der Waals surface area (Å²) in [4.78, 5) is 11.8. The minimum atomic E-state index is -0.569. The molecule has 2 fully saturated rings. The van der Waals surface area contributed by atoms with Crippen LogP contribution in [0.4, 0.5) is 0 Å². The molecule has 0 aromatic rings. The van der Waals surface area contributed by atoms with Crippen LogP contribution in [-0.2, 0) is 9.53 Å². The van der Waals surface area contributed by atoms with E-state index in [1.54, 1.807) is 0 Å². The van der Waals surface area contributed by atoms with Gasteiger partial charge in [-0.15, -0.1) is 0 Å². The van der Waals surface area contributed by atoms with E-state index in [0.717, 1.165) is 24.8 Å². The van der Waals surface area contributed by atoms with Gasteiger partial charge in [-0.3, -0.25) is 4.79 Å². The molecular weight excluding hydrogens is 316 g/mol. The summed E-state index contributed by atoms with van der Waals surface area (Å²) in [6.45, 7) is 5.85. The smallest absolute Gasteiger partial charge is 0.302 e. The lowest BCUT2D eigenvalue weighted by Crippen LogP contribution is -2.51. The maximum absolute atomic E-state index is 11.8. The van der Waals surface area contributed by atoms with Crippen molar-refractivity contribution in [2.24, 2.45) is 22.7 Å². The Hall–Kier alpha value is -1.39. The molecule has 0 unspecified atom stereocenters. The van der Waals surface area contributed by atoms with Gasteiger partial charge in [-0.25, -0.2) is 0 Å². The largest absolute Gasteiger partial charge is 0.462 e. The molecule has 0 amide bonds. The summed E-state index contributed by atoms with van der Waals surface area (Å²) >= 11 is 0. The van der Waals surface area contributed by atoms with Gasteiger partial charge < -0.3 is 14.9 Å². The molecule has 2 saturated carbocycles. The van der Waals surface area contributed by atoms with Crippen LogP contribution in [0.3, 0.4) is 0 Å². The van der Waals surface area contributed by atoms with Crippen molar-refractivity contribution in [1.29, 1.82) is 0 Å². The van der Waals surface area contributed by atoms with E-state index >= 15 is 0 Å². The molecule has 0 aromatic carbocycles. The molecule has 0 spiro atoms. The molecule has 4 aliphatic carbocycles. The van der Waals surface area contributed by atoms with E-state index in [0.29, 0.717) is 12.3 Å². The number of rotatable bonds is 1. The third kappa shape index (κ3) is 2.37. The first kappa shape index (κ1) is 17.0. The molecule has 0 saturated heterocycles. The number of carbonyl (C=O) groups is 1. The van der Waals surface area contributed by atoms with Gasteiger partial charge >= 0.3 is 5.97 Å². The van der Waals surface area contributed by atoms with Crippen molar-refractivity contribution < 1.29 is 19.7 Å². The Labute approximate surface area is 149 Å². The average Bonchev–Trinajstić information content (AvgIpc) is 2.84. The maximum Gasteiger partial charge on any atom is 0.302 e. The Kier molecular flexibility index (Phi) is 3.79. The molecule has 4 rings (SSSR count). The van der Waals surface area contributed by atoms with Crippen molar-refractivity contribution in [3.05, 3.63) is 35.5 Å². The first-order chi connectivity index (χ1) is 11.8. The van der Waals surface area contributed by atoms with Crippen LogP contribution in [0.15, 0.2) is 35.5 Å². The molecule has 0 aliphatic heterocycles. The van der Waals surface area contributed by atoms with E-state index in [9.17, 15) is 15.0 Å². The number of aliphatic hydroxyl groups excluding tert-OH is 2. The van der Waals surface area contributed by atoms with Crippen molar-refractivity contribution in [2.75, 3.05) is 0 Å². The zero-order chi connectivity index (χ0) is 18.0. The molecule has 0 radical (unpaired) electrons. The minimum Gasteiger partial charge on any atom is -0.462 e. The molecule has 136 valence electrons. The highest BCUT2D eigenvalue weighted by Gasteiger charge is 2.58. The Morgan fingerprint density at radius 2 is 2.04 bits per heavy atom. The molecule has 4 nitrogen and oxygen atoms in total. The molecular formula is C21H28O4. The van der Waals surface area contributed by atoms with Crippen molar-refractivity contribution >= 4 is 5.97 Å². The summed E-state index contributed by atoms with van der Waals surface area (Å²) in [5.74, 6) is 0.207. The Balaban J connectivity index is 1.82. The van der Waals surface area contributed by atoms with Crippen molar-refractivity contribution in [1.82, 2.24) is 0 Å². The Morgan fingerprint density at radius 1 is 1.28 bits per heavy atom. The zero-order valence-electron chi connectivity index (χ0n) is 15.2. The van der Waals surface area contributed by atoms with Gasteiger partial charge in [0.1, 0.15) is 6.10 Å². The fourth-order valence-electron chi connectivity index (χ4n) is 5.89. The van der Waals surface area contributed by atoms with Gasteiger partial charge in [-0.2, -0.15) is 0 Å². The maximum atomic E-state index is 11.8. The number of hydrogen-bond donors (Lipinski definition) is 2. The third-order valence-corrected chi connectivity index (χ3v) is 7.32. The van der Waals surface area contributed by atoms with Gasteiger partial charge in [0.15, 0.2) is 0 Å². The summed E-state index contributed by atoms with van der Waals surface area (Å²) in [5, 5.41) is 20.6. The molecule has 0 bridgehead atoms. The summed E-state index contributed by atoms with van der Waals surface area (Å²) in [6, 6.07) is 0. The van der Waals surface area contributed by atoms with Crippen LogP contribution < -0.4 is 0 Å². The number of hydrogen-bond acceptors (Lipinski definition) is 4. The Morgan fingerprint density at radius 3 is 2.76 bits per heavy atom. The normalized spacial score (nSPS) is 48.0. The highest BCUT2D eigenvalue weighted by molar-refractivity contribution is 5.66. The number of ether oxygens (including phenoxy) is 1. The second-order valence-corrected chi connectivity index (χ2v) is 8.69. The average molecular weight is 344 g/mol. The highest BCUT2D eigenvalue weighted by Crippen LogP contribution is 2.62. The van der Waals surface area contributed by atoms with E-state index < -0.39 is 6.10 Å². The van der Waals surface area contributed by atoms with E-state index in [-0.39, 0.29) is 34.9 Å². The van der Waals surface area contributed by atoms with Gasteiger partial charge in [-0.1, -0.05) is 42.4 Å². The van der Waals surface area contributed by atoms with Gasteiger partial charge in [0, 0.05) is 30.1 Å². The summed E-state index contributed by atoms with van der Waals surface area (Å²) in [7, 11) is 0. The topological polar surface area (TPSA) is 66.8 Å². The van der Waals surface area contributed by atoms with Crippen LogP contribution in [0.25, 0.3) is 0 Å². The van der Waals surface area contributed by atoms with Gasteiger partial charge in [0.25, 0.3) is 0 Å². The zero-order valence-corrected chi connectivity index (χ0v) is 15.2. The second kappa shape index (κ2) is 5.55. The lowest BCUT2D eigenvalue weighted by molar-refractivity contribution is -0.152. The number of aliphatic hydroxyl groups is 2. The van der Waals surface area contributed by atoms with E-state index in [2.05, 4.69) is 26.0 Å². The van der Waals surface area contributed by atoms with E-state index in [1.165, 1.54) is 12.5 Å². The van der Waals surface area contributed by atoms with Crippen LogP contribution in [0, 0.1) is 22.7 Å². The van der Waals surface area contributed by atoms with E-state index in [1.807, 2.05) is 12.2 Å². The number of carbonyl (C=O) groups excluding carboxylic acids is 1. The van der Waals surface area contributed by atoms with Gasteiger partial charge in [0.2, 0.25) is 0 Å². The second-order valence-electron chi connectivity index (χ2n) is 8.69. The SMILES string of the molecule is CC(=O)O[C@H]1CC2=C[C@@H](O)C=C[C@]2(C)C2=CC[C@]3(C)[C@@H](O)CC[C@H]3[C@@H]21. The fraction of sp³-hybridized carbons (Fsp3) is 0.667.